The highest BCUT2D eigenvalue weighted by molar-refractivity contribution is 5.26. The Labute approximate surface area is 50.9 Å². The molecule has 8 heavy (non-hydrogen) atoms. The van der Waals surface area contributed by atoms with Crippen molar-refractivity contribution in [2.75, 3.05) is 0 Å². The van der Waals surface area contributed by atoms with Gasteiger partial charge in [0, 0.05) is 0 Å². The van der Waals surface area contributed by atoms with Crippen molar-refractivity contribution in [3.05, 3.63) is 24.3 Å². The number of hydrogen-bond donors (Lipinski definition) is 0. The number of hydrogen-bond acceptors (Lipinski definition) is 0. The minimum atomic E-state index is 0.386. The van der Waals surface area contributed by atoms with E-state index in [1.165, 1.54) is 5.57 Å². The lowest BCUT2D eigenvalue weighted by Gasteiger charge is -2.12. The Morgan fingerprint density at radius 1 is 1.62 bits per heavy atom. The molecule has 0 saturated carbocycles. The first-order chi connectivity index (χ1) is 3.60. The van der Waals surface area contributed by atoms with Gasteiger partial charge in [-0.15, -0.1) is 0 Å². The maximum atomic E-state index is 3.86. The van der Waals surface area contributed by atoms with E-state index >= 15 is 0 Å². The van der Waals surface area contributed by atoms with Crippen LogP contribution in [0, 0.1) is 5.41 Å². The SMILES string of the molecule is C=C1C=CC(C)(C)C1. The normalized spacial score (nSPS) is 24.5. The van der Waals surface area contributed by atoms with E-state index < -0.39 is 0 Å². The quantitative estimate of drug-likeness (QED) is 0.447. The zero-order valence-corrected chi connectivity index (χ0v) is 5.57. The minimum absolute atomic E-state index is 0.386. The Balaban J connectivity index is 2.72. The molecular weight excluding hydrogens is 96.1 g/mol. The van der Waals surface area contributed by atoms with Crippen LogP contribution < -0.4 is 0 Å². The predicted molar refractivity (Wildman–Crippen MR) is 36.7 cm³/mol. The standard InChI is InChI=1S/C8H12/c1-7-4-5-8(2,3)6-7/h4-5H,1,6H2,2-3H3. The van der Waals surface area contributed by atoms with Crippen LogP contribution in [0.1, 0.15) is 20.3 Å². The molecule has 0 unspecified atom stereocenters. The highest BCUT2D eigenvalue weighted by atomic mass is 14.2. The van der Waals surface area contributed by atoms with Crippen LogP contribution in [0.4, 0.5) is 0 Å². The van der Waals surface area contributed by atoms with E-state index in [0.717, 1.165) is 6.42 Å². The van der Waals surface area contributed by atoms with Crippen molar-refractivity contribution in [3.63, 3.8) is 0 Å². The monoisotopic (exact) mass is 108 g/mol. The zero-order valence-electron chi connectivity index (χ0n) is 5.57. The molecule has 0 aromatic rings. The summed E-state index contributed by atoms with van der Waals surface area (Å²) < 4.78 is 0. The fraction of sp³-hybridized carbons (Fsp3) is 0.500. The molecule has 0 aliphatic heterocycles. The average molecular weight is 108 g/mol. The summed E-state index contributed by atoms with van der Waals surface area (Å²) in [7, 11) is 0. The van der Waals surface area contributed by atoms with Gasteiger partial charge in [-0.3, -0.25) is 0 Å². The lowest BCUT2D eigenvalue weighted by atomic mass is 9.93. The fourth-order valence-electron chi connectivity index (χ4n) is 1.05. The molecule has 1 aliphatic rings. The summed E-state index contributed by atoms with van der Waals surface area (Å²) in [4.78, 5) is 0. The second kappa shape index (κ2) is 1.48. The summed E-state index contributed by atoms with van der Waals surface area (Å²) in [6.07, 6.45) is 5.46. The van der Waals surface area contributed by atoms with E-state index in [1.807, 2.05) is 0 Å². The van der Waals surface area contributed by atoms with Gasteiger partial charge in [0.15, 0.2) is 0 Å². The third kappa shape index (κ3) is 1.00. The van der Waals surface area contributed by atoms with Crippen LogP contribution >= 0.6 is 0 Å². The molecule has 1 aliphatic carbocycles. The maximum Gasteiger partial charge on any atom is -0.0131 e. The van der Waals surface area contributed by atoms with E-state index in [-0.39, 0.29) is 0 Å². The number of allylic oxidation sites excluding steroid dienone is 3. The van der Waals surface area contributed by atoms with Gasteiger partial charge in [-0.2, -0.15) is 0 Å². The second-order valence-electron chi connectivity index (χ2n) is 3.16. The van der Waals surface area contributed by atoms with Gasteiger partial charge in [-0.05, 0) is 11.8 Å². The first-order valence-corrected chi connectivity index (χ1v) is 2.97. The molecule has 0 saturated heterocycles. The van der Waals surface area contributed by atoms with Crippen LogP contribution in [0.15, 0.2) is 24.3 Å². The smallest absolute Gasteiger partial charge is 0.0131 e. The lowest BCUT2D eigenvalue weighted by Crippen LogP contribution is -2.00. The topological polar surface area (TPSA) is 0 Å². The molecule has 0 nitrogen and oxygen atoms in total. The van der Waals surface area contributed by atoms with Gasteiger partial charge >= 0.3 is 0 Å². The summed E-state index contributed by atoms with van der Waals surface area (Å²) in [5, 5.41) is 0. The molecule has 0 radical (unpaired) electrons. The lowest BCUT2D eigenvalue weighted by molar-refractivity contribution is 0.500. The maximum absolute atomic E-state index is 3.86. The number of rotatable bonds is 0. The molecule has 0 fully saturated rings. The molecule has 1 rings (SSSR count). The van der Waals surface area contributed by atoms with Gasteiger partial charge in [0.2, 0.25) is 0 Å². The summed E-state index contributed by atoms with van der Waals surface area (Å²) in [6, 6.07) is 0. The van der Waals surface area contributed by atoms with E-state index in [9.17, 15) is 0 Å². The molecule has 0 heterocycles. The fourth-order valence-corrected chi connectivity index (χ4v) is 1.05. The van der Waals surface area contributed by atoms with Crippen LogP contribution in [-0.2, 0) is 0 Å². The van der Waals surface area contributed by atoms with E-state index in [1.54, 1.807) is 0 Å². The average Bonchev–Trinajstić information content (AvgIpc) is 1.82. The largest absolute Gasteiger partial charge is 0.0958 e. The summed E-state index contributed by atoms with van der Waals surface area (Å²) in [5.74, 6) is 0. The van der Waals surface area contributed by atoms with Gasteiger partial charge in [0.1, 0.15) is 0 Å². The molecule has 0 aromatic carbocycles. The first-order valence-electron chi connectivity index (χ1n) is 2.97. The van der Waals surface area contributed by atoms with Crippen molar-refractivity contribution in [3.8, 4) is 0 Å². The first kappa shape index (κ1) is 5.61. The van der Waals surface area contributed by atoms with E-state index in [2.05, 4.69) is 32.6 Å². The molecule has 0 amide bonds. The molecule has 0 aromatic heterocycles. The van der Waals surface area contributed by atoms with Crippen LogP contribution in [0.25, 0.3) is 0 Å². The van der Waals surface area contributed by atoms with Crippen LogP contribution in [0.5, 0.6) is 0 Å². The molecule has 0 heteroatoms. The third-order valence-electron chi connectivity index (χ3n) is 1.45. The molecule has 0 N–H and O–H groups in total. The van der Waals surface area contributed by atoms with E-state index in [0.29, 0.717) is 5.41 Å². The minimum Gasteiger partial charge on any atom is -0.0958 e. The highest BCUT2D eigenvalue weighted by Crippen LogP contribution is 2.32. The van der Waals surface area contributed by atoms with Crippen molar-refractivity contribution >= 4 is 0 Å². The predicted octanol–water partition coefficient (Wildman–Crippen LogP) is 2.53. The summed E-state index contributed by atoms with van der Waals surface area (Å²) in [5.41, 5.74) is 1.65. The summed E-state index contributed by atoms with van der Waals surface area (Å²) >= 11 is 0. The Bertz CT molecular complexity index is 138. The van der Waals surface area contributed by atoms with Crippen LogP contribution in [0.2, 0.25) is 0 Å². The molecule has 44 valence electrons. The Kier molecular flexibility index (Phi) is 1.04. The van der Waals surface area contributed by atoms with Crippen molar-refractivity contribution in [2.45, 2.75) is 20.3 Å². The molecular formula is C8H12. The highest BCUT2D eigenvalue weighted by Gasteiger charge is 2.18. The van der Waals surface area contributed by atoms with Crippen LogP contribution in [-0.4, -0.2) is 0 Å². The van der Waals surface area contributed by atoms with Gasteiger partial charge in [0.25, 0.3) is 0 Å². The molecule has 0 bridgehead atoms. The molecule has 0 spiro atoms. The van der Waals surface area contributed by atoms with Crippen molar-refractivity contribution in [2.24, 2.45) is 5.41 Å². The van der Waals surface area contributed by atoms with Gasteiger partial charge in [0.05, 0.1) is 0 Å². The van der Waals surface area contributed by atoms with Gasteiger partial charge in [-0.25, -0.2) is 0 Å². The van der Waals surface area contributed by atoms with Gasteiger partial charge in [-0.1, -0.05) is 38.2 Å². The third-order valence-corrected chi connectivity index (χ3v) is 1.45. The van der Waals surface area contributed by atoms with Crippen molar-refractivity contribution < 1.29 is 0 Å². The summed E-state index contributed by atoms with van der Waals surface area (Å²) in [6.45, 7) is 8.31. The molecule has 0 atom stereocenters. The van der Waals surface area contributed by atoms with Crippen molar-refractivity contribution in [1.29, 1.82) is 0 Å². The second-order valence-corrected chi connectivity index (χ2v) is 3.16. The van der Waals surface area contributed by atoms with Crippen LogP contribution in [0.3, 0.4) is 0 Å². The van der Waals surface area contributed by atoms with Crippen molar-refractivity contribution in [1.82, 2.24) is 0 Å². The zero-order chi connectivity index (χ0) is 6.20. The Hall–Kier alpha value is -0.520. The van der Waals surface area contributed by atoms with E-state index in [4.69, 9.17) is 0 Å². The Morgan fingerprint density at radius 3 is 2.38 bits per heavy atom. The van der Waals surface area contributed by atoms with Gasteiger partial charge < -0.3 is 0 Å². The Morgan fingerprint density at radius 2 is 2.25 bits per heavy atom.